The average molecular weight is 219 g/mol. The molecule has 1 fully saturated rings. The first-order valence-corrected chi connectivity index (χ1v) is 5.42. The van der Waals surface area contributed by atoms with E-state index in [1.54, 1.807) is 6.33 Å². The molecule has 1 aliphatic rings. The number of hydrogen-bond donors (Lipinski definition) is 2. The van der Waals surface area contributed by atoms with E-state index >= 15 is 0 Å². The largest absolute Gasteiger partial charge is 0.379 e. The molecule has 0 aliphatic carbocycles. The molecule has 3 rings (SSSR count). The summed E-state index contributed by atoms with van der Waals surface area (Å²) in [6.07, 6.45) is 5.35. The van der Waals surface area contributed by atoms with E-state index < -0.39 is 0 Å². The highest BCUT2D eigenvalue weighted by Crippen LogP contribution is 2.18. The van der Waals surface area contributed by atoms with Crippen LogP contribution in [0.1, 0.15) is 12.8 Å². The Labute approximate surface area is 92.5 Å². The van der Waals surface area contributed by atoms with Crippen LogP contribution in [-0.2, 0) is 4.74 Å². The predicted octanol–water partition coefficient (Wildman–Crippen LogP) is 0.944. The molecular weight excluding hydrogens is 206 g/mol. The zero-order valence-corrected chi connectivity index (χ0v) is 8.81. The summed E-state index contributed by atoms with van der Waals surface area (Å²) in [4.78, 5) is 15.4. The molecule has 0 bridgehead atoms. The SMILES string of the molecule is c1nc(NC2CCCOC2)c2[nH]cnc2n1. The van der Waals surface area contributed by atoms with Crippen molar-refractivity contribution < 1.29 is 4.74 Å². The van der Waals surface area contributed by atoms with E-state index in [2.05, 4.69) is 25.3 Å². The molecule has 6 nitrogen and oxygen atoms in total. The van der Waals surface area contributed by atoms with E-state index in [1.807, 2.05) is 0 Å². The maximum absolute atomic E-state index is 5.42. The van der Waals surface area contributed by atoms with Gasteiger partial charge in [0.2, 0.25) is 0 Å². The lowest BCUT2D eigenvalue weighted by Gasteiger charge is -2.23. The zero-order valence-electron chi connectivity index (χ0n) is 8.81. The zero-order chi connectivity index (χ0) is 10.8. The summed E-state index contributed by atoms with van der Waals surface area (Å²) in [5, 5.41) is 3.36. The van der Waals surface area contributed by atoms with Crippen LogP contribution in [0.5, 0.6) is 0 Å². The van der Waals surface area contributed by atoms with Crippen molar-refractivity contribution in [3.8, 4) is 0 Å². The standard InChI is InChI=1S/C10H13N5O/c1-2-7(4-16-3-1)15-10-8-9(12-5-11-8)13-6-14-10/h5-7H,1-4H2,(H2,11,12,13,14,15). The van der Waals surface area contributed by atoms with Crippen LogP contribution in [-0.4, -0.2) is 39.2 Å². The number of imidazole rings is 1. The van der Waals surface area contributed by atoms with Gasteiger partial charge in [0.1, 0.15) is 11.8 Å². The van der Waals surface area contributed by atoms with Crippen molar-refractivity contribution in [1.82, 2.24) is 19.9 Å². The average Bonchev–Trinajstić information content (AvgIpc) is 2.80. The van der Waals surface area contributed by atoms with Gasteiger partial charge in [-0.05, 0) is 12.8 Å². The maximum atomic E-state index is 5.42. The molecule has 84 valence electrons. The summed E-state index contributed by atoms with van der Waals surface area (Å²) in [6, 6.07) is 0.329. The first kappa shape index (κ1) is 9.53. The van der Waals surface area contributed by atoms with Gasteiger partial charge in [0, 0.05) is 6.61 Å². The third-order valence-electron chi connectivity index (χ3n) is 2.72. The molecule has 1 saturated heterocycles. The van der Waals surface area contributed by atoms with E-state index in [0.717, 1.165) is 37.4 Å². The van der Waals surface area contributed by atoms with Crippen LogP contribution in [0.25, 0.3) is 11.2 Å². The Hall–Kier alpha value is -1.69. The van der Waals surface area contributed by atoms with Gasteiger partial charge in [-0.25, -0.2) is 15.0 Å². The number of aromatic amines is 1. The van der Waals surface area contributed by atoms with Crippen LogP contribution >= 0.6 is 0 Å². The number of hydrogen-bond acceptors (Lipinski definition) is 5. The number of aromatic nitrogens is 4. The van der Waals surface area contributed by atoms with Crippen molar-refractivity contribution in [2.24, 2.45) is 0 Å². The van der Waals surface area contributed by atoms with Crippen LogP contribution in [0.3, 0.4) is 0 Å². The summed E-state index contributed by atoms with van der Waals surface area (Å²) >= 11 is 0. The molecular formula is C10H13N5O. The molecule has 1 unspecified atom stereocenters. The first-order chi connectivity index (χ1) is 7.93. The van der Waals surface area contributed by atoms with Gasteiger partial charge < -0.3 is 15.0 Å². The summed E-state index contributed by atoms with van der Waals surface area (Å²) < 4.78 is 5.42. The minimum Gasteiger partial charge on any atom is -0.379 e. The van der Waals surface area contributed by atoms with Crippen molar-refractivity contribution in [2.45, 2.75) is 18.9 Å². The van der Waals surface area contributed by atoms with Crippen molar-refractivity contribution in [2.75, 3.05) is 18.5 Å². The van der Waals surface area contributed by atoms with Crippen molar-refractivity contribution >= 4 is 17.0 Å². The number of rotatable bonds is 2. The first-order valence-electron chi connectivity index (χ1n) is 5.42. The van der Waals surface area contributed by atoms with Crippen LogP contribution in [0.15, 0.2) is 12.7 Å². The topological polar surface area (TPSA) is 75.7 Å². The maximum Gasteiger partial charge on any atom is 0.182 e. The minimum absolute atomic E-state index is 0.329. The van der Waals surface area contributed by atoms with Crippen LogP contribution in [0, 0.1) is 0 Å². The molecule has 1 aliphatic heterocycles. The Bertz CT molecular complexity index is 477. The number of anilines is 1. The third-order valence-corrected chi connectivity index (χ3v) is 2.72. The Morgan fingerprint density at radius 3 is 3.25 bits per heavy atom. The molecule has 2 aromatic rings. The molecule has 0 radical (unpaired) electrons. The highest BCUT2D eigenvalue weighted by molar-refractivity contribution is 5.82. The Morgan fingerprint density at radius 1 is 1.38 bits per heavy atom. The van der Waals surface area contributed by atoms with Gasteiger partial charge in [-0.15, -0.1) is 0 Å². The number of fused-ring (bicyclic) bond motifs is 1. The lowest BCUT2D eigenvalue weighted by Crippen LogP contribution is -2.30. The second-order valence-electron chi connectivity index (χ2n) is 3.88. The summed E-state index contributed by atoms with van der Waals surface area (Å²) in [7, 11) is 0. The fraction of sp³-hybridized carbons (Fsp3) is 0.500. The van der Waals surface area contributed by atoms with E-state index in [1.165, 1.54) is 6.33 Å². The second kappa shape index (κ2) is 4.05. The smallest absolute Gasteiger partial charge is 0.182 e. The summed E-state index contributed by atoms with van der Waals surface area (Å²) in [5.41, 5.74) is 1.54. The van der Waals surface area contributed by atoms with E-state index in [0.29, 0.717) is 11.7 Å². The fourth-order valence-corrected chi connectivity index (χ4v) is 1.92. The molecule has 0 spiro atoms. The van der Waals surface area contributed by atoms with Crippen molar-refractivity contribution in [3.63, 3.8) is 0 Å². The van der Waals surface area contributed by atoms with Crippen molar-refractivity contribution in [1.29, 1.82) is 0 Å². The monoisotopic (exact) mass is 219 g/mol. The normalized spacial score (nSPS) is 21.1. The summed E-state index contributed by atoms with van der Waals surface area (Å²) in [6.45, 7) is 1.60. The predicted molar refractivity (Wildman–Crippen MR) is 59.1 cm³/mol. The van der Waals surface area contributed by atoms with Gasteiger partial charge in [0.25, 0.3) is 0 Å². The number of ether oxygens (including phenoxy) is 1. The Morgan fingerprint density at radius 2 is 2.38 bits per heavy atom. The second-order valence-corrected chi connectivity index (χ2v) is 3.88. The molecule has 1 atom stereocenters. The number of nitrogens with zero attached hydrogens (tertiary/aromatic N) is 3. The van der Waals surface area contributed by atoms with E-state index in [4.69, 9.17) is 4.74 Å². The van der Waals surface area contributed by atoms with Gasteiger partial charge in [-0.1, -0.05) is 0 Å². The molecule has 0 aromatic carbocycles. The van der Waals surface area contributed by atoms with Gasteiger partial charge >= 0.3 is 0 Å². The lowest BCUT2D eigenvalue weighted by molar-refractivity contribution is 0.0875. The Balaban J connectivity index is 1.85. The highest BCUT2D eigenvalue weighted by Gasteiger charge is 2.15. The van der Waals surface area contributed by atoms with Crippen LogP contribution in [0.4, 0.5) is 5.82 Å². The lowest BCUT2D eigenvalue weighted by atomic mass is 10.1. The molecule has 2 N–H and O–H groups in total. The van der Waals surface area contributed by atoms with Gasteiger partial charge in [-0.3, -0.25) is 0 Å². The van der Waals surface area contributed by atoms with Crippen LogP contribution in [0.2, 0.25) is 0 Å². The molecule has 2 aromatic heterocycles. The number of H-pyrrole nitrogens is 1. The van der Waals surface area contributed by atoms with Crippen LogP contribution < -0.4 is 5.32 Å². The molecule has 6 heteroatoms. The Kier molecular flexibility index (Phi) is 2.41. The molecule has 0 amide bonds. The van der Waals surface area contributed by atoms with E-state index in [9.17, 15) is 0 Å². The molecule has 0 saturated carbocycles. The summed E-state index contributed by atoms with van der Waals surface area (Å²) in [5.74, 6) is 0.804. The van der Waals surface area contributed by atoms with Gasteiger partial charge in [0.15, 0.2) is 11.5 Å². The van der Waals surface area contributed by atoms with Crippen molar-refractivity contribution in [3.05, 3.63) is 12.7 Å². The van der Waals surface area contributed by atoms with Gasteiger partial charge in [-0.2, -0.15) is 0 Å². The number of nitrogens with one attached hydrogen (secondary N) is 2. The fourth-order valence-electron chi connectivity index (χ4n) is 1.92. The quantitative estimate of drug-likeness (QED) is 0.786. The molecule has 16 heavy (non-hydrogen) atoms. The molecule has 3 heterocycles. The minimum atomic E-state index is 0.329. The van der Waals surface area contributed by atoms with E-state index in [-0.39, 0.29) is 0 Å². The highest BCUT2D eigenvalue weighted by atomic mass is 16.5. The third kappa shape index (κ3) is 1.71. The van der Waals surface area contributed by atoms with Gasteiger partial charge in [0.05, 0.1) is 19.0 Å².